The number of phenolic OH excluding ortho intramolecular Hbond substituents is 1. The second-order valence-corrected chi connectivity index (χ2v) is 4.17. The van der Waals surface area contributed by atoms with Gasteiger partial charge in [-0.25, -0.2) is 4.68 Å². The summed E-state index contributed by atoms with van der Waals surface area (Å²) in [7, 11) is 0. The van der Waals surface area contributed by atoms with Gasteiger partial charge >= 0.3 is 0 Å². The average molecular weight is 230 g/mol. The van der Waals surface area contributed by atoms with E-state index in [9.17, 15) is 5.11 Å². The van der Waals surface area contributed by atoms with Crippen molar-refractivity contribution in [3.63, 3.8) is 0 Å². The molecule has 0 aliphatic carbocycles. The maximum absolute atomic E-state index is 9.50. The van der Waals surface area contributed by atoms with Crippen LogP contribution in [0.25, 0.3) is 5.69 Å². The summed E-state index contributed by atoms with van der Waals surface area (Å²) >= 11 is 0. The molecule has 5 heteroatoms. The van der Waals surface area contributed by atoms with Crippen molar-refractivity contribution in [1.29, 1.82) is 0 Å². The number of hydrogen-bond acceptors (Lipinski definition) is 4. The first kappa shape index (κ1) is 10.2. The van der Waals surface area contributed by atoms with Gasteiger partial charge in [0.2, 0.25) is 0 Å². The Hall–Kier alpha value is -2.01. The summed E-state index contributed by atoms with van der Waals surface area (Å²) < 4.78 is 1.82. The van der Waals surface area contributed by atoms with Gasteiger partial charge < -0.3 is 16.2 Å². The summed E-state index contributed by atoms with van der Waals surface area (Å²) in [6.07, 6.45) is 0.898. The third kappa shape index (κ3) is 1.64. The van der Waals surface area contributed by atoms with Crippen molar-refractivity contribution in [3.8, 4) is 11.4 Å². The molecule has 3 rings (SSSR count). The first-order valence-corrected chi connectivity index (χ1v) is 5.62. The van der Waals surface area contributed by atoms with Crippen LogP contribution in [-0.4, -0.2) is 21.4 Å². The second-order valence-electron chi connectivity index (χ2n) is 4.17. The molecule has 0 fully saturated rings. The Morgan fingerprint density at radius 2 is 2.29 bits per heavy atom. The summed E-state index contributed by atoms with van der Waals surface area (Å²) in [4.78, 5) is 0. The number of nitrogens with zero attached hydrogens (tertiary/aromatic N) is 2. The first-order chi connectivity index (χ1) is 8.25. The minimum atomic E-state index is 0.235. The van der Waals surface area contributed by atoms with E-state index in [-0.39, 0.29) is 5.75 Å². The van der Waals surface area contributed by atoms with Crippen molar-refractivity contribution in [3.05, 3.63) is 35.5 Å². The fourth-order valence-electron chi connectivity index (χ4n) is 2.21. The van der Waals surface area contributed by atoms with Crippen LogP contribution in [0.1, 0.15) is 11.3 Å². The molecule has 0 atom stereocenters. The number of aromatic hydroxyl groups is 1. The van der Waals surface area contributed by atoms with Crippen LogP contribution in [0.4, 0.5) is 5.82 Å². The molecule has 0 spiro atoms. The fraction of sp³-hybridized carbons (Fsp3) is 0.250. The third-order valence-electron chi connectivity index (χ3n) is 3.04. The molecule has 0 bridgehead atoms. The molecule has 1 aromatic carbocycles. The van der Waals surface area contributed by atoms with Gasteiger partial charge in [-0.3, -0.25) is 0 Å². The van der Waals surface area contributed by atoms with E-state index < -0.39 is 0 Å². The predicted octanol–water partition coefficient (Wildman–Crippen LogP) is 0.806. The van der Waals surface area contributed by atoms with E-state index in [0.717, 1.165) is 36.5 Å². The Balaban J connectivity index is 2.15. The van der Waals surface area contributed by atoms with Crippen LogP contribution >= 0.6 is 0 Å². The molecule has 0 saturated carbocycles. The van der Waals surface area contributed by atoms with Gasteiger partial charge in [-0.1, -0.05) is 6.07 Å². The topological polar surface area (TPSA) is 76.1 Å². The van der Waals surface area contributed by atoms with Gasteiger partial charge in [0.15, 0.2) is 5.82 Å². The zero-order valence-corrected chi connectivity index (χ0v) is 9.35. The molecule has 1 aromatic heterocycles. The minimum Gasteiger partial charge on any atom is -0.508 e. The highest BCUT2D eigenvalue weighted by molar-refractivity contribution is 5.49. The van der Waals surface area contributed by atoms with Crippen molar-refractivity contribution >= 4 is 5.82 Å². The summed E-state index contributed by atoms with van der Waals surface area (Å²) in [5, 5.41) is 17.1. The Morgan fingerprint density at radius 1 is 1.41 bits per heavy atom. The van der Waals surface area contributed by atoms with Gasteiger partial charge in [0, 0.05) is 31.1 Å². The number of aromatic nitrogens is 2. The number of nitrogens with one attached hydrogen (secondary N) is 1. The van der Waals surface area contributed by atoms with Crippen molar-refractivity contribution in [2.45, 2.75) is 13.0 Å². The smallest absolute Gasteiger partial charge is 0.150 e. The zero-order valence-electron chi connectivity index (χ0n) is 9.35. The van der Waals surface area contributed by atoms with Gasteiger partial charge in [0.1, 0.15) is 5.75 Å². The van der Waals surface area contributed by atoms with E-state index >= 15 is 0 Å². The van der Waals surface area contributed by atoms with Crippen molar-refractivity contribution in [1.82, 2.24) is 15.1 Å². The number of nitrogen functional groups attached to an aromatic ring is 1. The Bertz CT molecular complexity index is 562. The maximum Gasteiger partial charge on any atom is 0.150 e. The van der Waals surface area contributed by atoms with Gasteiger partial charge in [0.05, 0.1) is 11.4 Å². The van der Waals surface area contributed by atoms with Crippen LogP contribution < -0.4 is 11.1 Å². The average Bonchev–Trinajstić information content (AvgIpc) is 2.68. The maximum atomic E-state index is 9.50. The SMILES string of the molecule is Nc1nn(-c2cccc(O)c2)c2c1CNCC2. The normalized spacial score (nSPS) is 14.6. The number of rotatable bonds is 1. The lowest BCUT2D eigenvalue weighted by atomic mass is 10.1. The van der Waals surface area contributed by atoms with E-state index in [2.05, 4.69) is 10.4 Å². The van der Waals surface area contributed by atoms with Crippen molar-refractivity contribution < 1.29 is 5.11 Å². The summed E-state index contributed by atoms with van der Waals surface area (Å²) in [6, 6.07) is 7.05. The molecule has 0 radical (unpaired) electrons. The number of fused-ring (bicyclic) bond motifs is 1. The molecular weight excluding hydrogens is 216 g/mol. The summed E-state index contributed by atoms with van der Waals surface area (Å²) in [5.41, 5.74) is 8.95. The van der Waals surface area contributed by atoms with Gasteiger partial charge in [-0.05, 0) is 12.1 Å². The number of nitrogens with two attached hydrogens (primary N) is 1. The van der Waals surface area contributed by atoms with Gasteiger partial charge in [-0.2, -0.15) is 5.10 Å². The molecule has 5 nitrogen and oxygen atoms in total. The van der Waals surface area contributed by atoms with Crippen LogP contribution in [0.2, 0.25) is 0 Å². The van der Waals surface area contributed by atoms with E-state index in [1.54, 1.807) is 18.2 Å². The van der Waals surface area contributed by atoms with E-state index in [1.807, 2.05) is 10.7 Å². The van der Waals surface area contributed by atoms with E-state index in [0.29, 0.717) is 5.82 Å². The number of hydrogen-bond donors (Lipinski definition) is 3. The minimum absolute atomic E-state index is 0.235. The molecule has 2 aromatic rings. The molecule has 0 saturated heterocycles. The highest BCUT2D eigenvalue weighted by atomic mass is 16.3. The molecule has 1 aliphatic heterocycles. The second kappa shape index (κ2) is 3.78. The first-order valence-electron chi connectivity index (χ1n) is 5.62. The lowest BCUT2D eigenvalue weighted by Crippen LogP contribution is -2.24. The lowest BCUT2D eigenvalue weighted by Gasteiger charge is -2.15. The van der Waals surface area contributed by atoms with Gasteiger partial charge in [-0.15, -0.1) is 0 Å². The standard InChI is InChI=1S/C12H14N4O/c13-12-10-7-14-5-4-11(10)16(15-12)8-2-1-3-9(17)6-8/h1-3,6,14,17H,4-5,7H2,(H2,13,15). The molecule has 88 valence electrons. The lowest BCUT2D eigenvalue weighted by molar-refractivity contribution is 0.474. The van der Waals surface area contributed by atoms with Crippen LogP contribution in [0.5, 0.6) is 5.75 Å². The predicted molar refractivity (Wildman–Crippen MR) is 65.1 cm³/mol. The largest absolute Gasteiger partial charge is 0.508 e. The Morgan fingerprint density at radius 3 is 3.12 bits per heavy atom. The van der Waals surface area contributed by atoms with Crippen molar-refractivity contribution in [2.75, 3.05) is 12.3 Å². The quantitative estimate of drug-likeness (QED) is 0.677. The molecule has 0 unspecified atom stereocenters. The molecule has 17 heavy (non-hydrogen) atoms. The summed E-state index contributed by atoms with van der Waals surface area (Å²) in [6.45, 7) is 1.69. The third-order valence-corrected chi connectivity index (χ3v) is 3.04. The van der Waals surface area contributed by atoms with E-state index in [4.69, 9.17) is 5.73 Å². The number of phenols is 1. The monoisotopic (exact) mass is 230 g/mol. The van der Waals surface area contributed by atoms with Crippen LogP contribution in [-0.2, 0) is 13.0 Å². The molecule has 2 heterocycles. The molecule has 1 aliphatic rings. The van der Waals surface area contributed by atoms with E-state index in [1.165, 1.54) is 0 Å². The van der Waals surface area contributed by atoms with Crippen LogP contribution in [0.15, 0.2) is 24.3 Å². The Kier molecular flexibility index (Phi) is 2.26. The number of benzene rings is 1. The highest BCUT2D eigenvalue weighted by Crippen LogP contribution is 2.24. The zero-order chi connectivity index (χ0) is 11.8. The molecular formula is C12H14N4O. The molecule has 0 amide bonds. The van der Waals surface area contributed by atoms with Crippen LogP contribution in [0, 0.1) is 0 Å². The summed E-state index contributed by atoms with van der Waals surface area (Å²) in [5.74, 6) is 0.801. The fourth-order valence-corrected chi connectivity index (χ4v) is 2.21. The Labute approximate surface area is 98.9 Å². The number of anilines is 1. The van der Waals surface area contributed by atoms with Crippen molar-refractivity contribution in [2.24, 2.45) is 0 Å². The highest BCUT2D eigenvalue weighted by Gasteiger charge is 2.19. The van der Waals surface area contributed by atoms with Crippen LogP contribution in [0.3, 0.4) is 0 Å². The molecule has 4 N–H and O–H groups in total. The van der Waals surface area contributed by atoms with Gasteiger partial charge in [0.25, 0.3) is 0 Å².